The van der Waals surface area contributed by atoms with Crippen LogP contribution in [0.2, 0.25) is 0 Å². The van der Waals surface area contributed by atoms with Gasteiger partial charge in [0.05, 0.1) is 24.4 Å². The van der Waals surface area contributed by atoms with Crippen LogP contribution in [0.4, 0.5) is 0 Å². The van der Waals surface area contributed by atoms with Crippen molar-refractivity contribution in [3.8, 4) is 16.9 Å². The Morgan fingerprint density at radius 3 is 2.48 bits per heavy atom. The molecule has 1 aliphatic rings. The number of ether oxygens (including phenoxy) is 1. The molecule has 4 aromatic rings. The summed E-state index contributed by atoms with van der Waals surface area (Å²) < 4.78 is 7.70. The Hall–Kier alpha value is -3.77. The molecule has 1 aliphatic heterocycles. The van der Waals surface area contributed by atoms with E-state index in [0.29, 0.717) is 31.0 Å². The van der Waals surface area contributed by atoms with E-state index in [-0.39, 0.29) is 12.0 Å². The van der Waals surface area contributed by atoms with Crippen LogP contribution in [0.25, 0.3) is 16.9 Å². The molecular formula is C25H22N4O2. The molecule has 0 unspecified atom stereocenters. The van der Waals surface area contributed by atoms with Crippen molar-refractivity contribution in [2.24, 2.45) is 0 Å². The maximum absolute atomic E-state index is 13.6. The molecule has 2 aromatic carbocycles. The summed E-state index contributed by atoms with van der Waals surface area (Å²) in [6, 6.07) is 23.6. The van der Waals surface area contributed by atoms with Gasteiger partial charge in [0.2, 0.25) is 0 Å². The fraction of sp³-hybridized carbons (Fsp3) is 0.160. The zero-order valence-corrected chi connectivity index (χ0v) is 17.0. The monoisotopic (exact) mass is 410 g/mol. The van der Waals surface area contributed by atoms with Gasteiger partial charge in [0, 0.05) is 30.7 Å². The molecule has 1 saturated heterocycles. The van der Waals surface area contributed by atoms with Crippen LogP contribution in [0, 0.1) is 0 Å². The van der Waals surface area contributed by atoms with Crippen LogP contribution in [0.5, 0.6) is 0 Å². The summed E-state index contributed by atoms with van der Waals surface area (Å²) in [5, 5.41) is 4.74. The second-order valence-corrected chi connectivity index (χ2v) is 7.43. The fourth-order valence-corrected chi connectivity index (χ4v) is 3.83. The standard InChI is InChI=1S/C25H22N4O2/c30-25(28-14-15-31-23(18-28)19-8-3-1-4-9-19)22-17-29(21-11-5-2-6-12-21)27-24(22)20-10-7-13-26-16-20/h1-13,16-17,23H,14-15,18H2/t23-/m0/s1. The van der Waals surface area contributed by atoms with E-state index in [1.54, 1.807) is 17.1 Å². The van der Waals surface area contributed by atoms with Crippen LogP contribution < -0.4 is 0 Å². The second-order valence-electron chi connectivity index (χ2n) is 7.43. The highest BCUT2D eigenvalue weighted by molar-refractivity contribution is 6.00. The molecule has 6 heteroatoms. The van der Waals surface area contributed by atoms with Crippen molar-refractivity contribution in [1.82, 2.24) is 19.7 Å². The maximum atomic E-state index is 13.6. The third-order valence-electron chi connectivity index (χ3n) is 5.43. The minimum Gasteiger partial charge on any atom is -0.370 e. The van der Waals surface area contributed by atoms with E-state index in [0.717, 1.165) is 16.8 Å². The van der Waals surface area contributed by atoms with E-state index in [9.17, 15) is 4.79 Å². The Kier molecular flexibility index (Phi) is 5.29. The van der Waals surface area contributed by atoms with Crippen molar-refractivity contribution >= 4 is 5.91 Å². The molecule has 0 N–H and O–H groups in total. The zero-order chi connectivity index (χ0) is 21.0. The summed E-state index contributed by atoms with van der Waals surface area (Å²) >= 11 is 0. The molecule has 3 heterocycles. The van der Waals surface area contributed by atoms with Gasteiger partial charge in [-0.05, 0) is 29.8 Å². The van der Waals surface area contributed by atoms with Gasteiger partial charge in [0.25, 0.3) is 5.91 Å². The number of morpholine rings is 1. The quantitative estimate of drug-likeness (QED) is 0.507. The zero-order valence-electron chi connectivity index (χ0n) is 17.0. The first-order chi connectivity index (χ1) is 15.3. The number of para-hydroxylation sites is 1. The number of nitrogens with zero attached hydrogens (tertiary/aromatic N) is 4. The molecule has 154 valence electrons. The van der Waals surface area contributed by atoms with E-state index in [1.807, 2.05) is 83.9 Å². The molecule has 5 rings (SSSR count). The van der Waals surface area contributed by atoms with Crippen molar-refractivity contribution in [3.63, 3.8) is 0 Å². The summed E-state index contributed by atoms with van der Waals surface area (Å²) in [6.07, 6.45) is 5.13. The van der Waals surface area contributed by atoms with E-state index in [1.165, 1.54) is 0 Å². The first kappa shape index (κ1) is 19.2. The SMILES string of the molecule is O=C(c1cn(-c2ccccc2)nc1-c1cccnc1)N1CCO[C@H](c2ccccc2)C1. The molecular weight excluding hydrogens is 388 g/mol. The molecule has 6 nitrogen and oxygen atoms in total. The van der Waals surface area contributed by atoms with Gasteiger partial charge in [-0.25, -0.2) is 4.68 Å². The Morgan fingerprint density at radius 2 is 1.74 bits per heavy atom. The molecule has 1 atom stereocenters. The van der Waals surface area contributed by atoms with E-state index in [2.05, 4.69) is 4.98 Å². The summed E-state index contributed by atoms with van der Waals surface area (Å²) in [6.45, 7) is 1.55. The van der Waals surface area contributed by atoms with Gasteiger partial charge < -0.3 is 9.64 Å². The third-order valence-corrected chi connectivity index (χ3v) is 5.43. The van der Waals surface area contributed by atoms with Crippen LogP contribution in [0.3, 0.4) is 0 Å². The van der Waals surface area contributed by atoms with Gasteiger partial charge in [-0.2, -0.15) is 5.10 Å². The fourth-order valence-electron chi connectivity index (χ4n) is 3.83. The highest BCUT2D eigenvalue weighted by atomic mass is 16.5. The van der Waals surface area contributed by atoms with Crippen LogP contribution in [0.1, 0.15) is 22.0 Å². The van der Waals surface area contributed by atoms with Gasteiger partial charge in [-0.1, -0.05) is 48.5 Å². The highest BCUT2D eigenvalue weighted by Gasteiger charge is 2.29. The van der Waals surface area contributed by atoms with Gasteiger partial charge in [-0.3, -0.25) is 9.78 Å². The predicted octanol–water partition coefficient (Wildman–Crippen LogP) is 4.15. The Bertz CT molecular complexity index is 1160. The molecule has 0 saturated carbocycles. The predicted molar refractivity (Wildman–Crippen MR) is 118 cm³/mol. The summed E-state index contributed by atoms with van der Waals surface area (Å²) in [5.41, 5.74) is 3.98. The first-order valence-corrected chi connectivity index (χ1v) is 10.3. The number of hydrogen-bond donors (Lipinski definition) is 0. The molecule has 2 aromatic heterocycles. The van der Waals surface area contributed by atoms with Gasteiger partial charge in [-0.15, -0.1) is 0 Å². The van der Waals surface area contributed by atoms with Crippen LogP contribution in [0.15, 0.2) is 91.4 Å². The number of carbonyl (C=O) groups is 1. The highest BCUT2D eigenvalue weighted by Crippen LogP contribution is 2.27. The van der Waals surface area contributed by atoms with Crippen molar-refractivity contribution in [2.45, 2.75) is 6.10 Å². The van der Waals surface area contributed by atoms with Crippen LogP contribution >= 0.6 is 0 Å². The van der Waals surface area contributed by atoms with Crippen molar-refractivity contribution in [1.29, 1.82) is 0 Å². The molecule has 1 fully saturated rings. The number of hydrogen-bond acceptors (Lipinski definition) is 4. The average Bonchev–Trinajstić information content (AvgIpc) is 3.31. The largest absolute Gasteiger partial charge is 0.370 e. The van der Waals surface area contributed by atoms with Crippen LogP contribution in [-0.2, 0) is 4.74 Å². The number of aromatic nitrogens is 3. The summed E-state index contributed by atoms with van der Waals surface area (Å²) in [4.78, 5) is 19.7. The maximum Gasteiger partial charge on any atom is 0.257 e. The molecule has 0 bridgehead atoms. The lowest BCUT2D eigenvalue weighted by atomic mass is 10.1. The van der Waals surface area contributed by atoms with E-state index >= 15 is 0 Å². The number of carbonyl (C=O) groups excluding carboxylic acids is 1. The lowest BCUT2D eigenvalue weighted by Crippen LogP contribution is -2.42. The van der Waals surface area contributed by atoms with E-state index in [4.69, 9.17) is 9.84 Å². The Labute approximate surface area is 180 Å². The van der Waals surface area contributed by atoms with Crippen molar-refractivity contribution < 1.29 is 9.53 Å². The summed E-state index contributed by atoms with van der Waals surface area (Å²) in [7, 11) is 0. The van der Waals surface area contributed by atoms with Gasteiger partial charge >= 0.3 is 0 Å². The molecule has 1 amide bonds. The minimum absolute atomic E-state index is 0.0507. The van der Waals surface area contributed by atoms with Gasteiger partial charge in [0.1, 0.15) is 11.8 Å². The van der Waals surface area contributed by atoms with Crippen molar-refractivity contribution in [2.75, 3.05) is 19.7 Å². The lowest BCUT2D eigenvalue weighted by molar-refractivity contribution is -0.0228. The molecule has 0 spiro atoms. The van der Waals surface area contributed by atoms with Crippen LogP contribution in [-0.4, -0.2) is 45.3 Å². The smallest absolute Gasteiger partial charge is 0.257 e. The molecule has 0 radical (unpaired) electrons. The number of rotatable bonds is 4. The number of benzene rings is 2. The Morgan fingerprint density at radius 1 is 0.968 bits per heavy atom. The normalized spacial score (nSPS) is 16.3. The lowest BCUT2D eigenvalue weighted by Gasteiger charge is -2.33. The first-order valence-electron chi connectivity index (χ1n) is 10.3. The molecule has 0 aliphatic carbocycles. The number of amides is 1. The van der Waals surface area contributed by atoms with Crippen molar-refractivity contribution in [3.05, 3.63) is 103 Å². The third kappa shape index (κ3) is 3.98. The average molecular weight is 410 g/mol. The second kappa shape index (κ2) is 8.53. The topological polar surface area (TPSA) is 60.2 Å². The minimum atomic E-state index is -0.134. The number of pyridine rings is 1. The van der Waals surface area contributed by atoms with Gasteiger partial charge in [0.15, 0.2) is 0 Å². The summed E-state index contributed by atoms with van der Waals surface area (Å²) in [5.74, 6) is -0.0507. The Balaban J connectivity index is 1.49. The molecule has 31 heavy (non-hydrogen) atoms. The van der Waals surface area contributed by atoms with E-state index < -0.39 is 0 Å².